The summed E-state index contributed by atoms with van der Waals surface area (Å²) in [6.45, 7) is 1.52. The average molecular weight is 319 g/mol. The van der Waals surface area contributed by atoms with Gasteiger partial charge in [0.15, 0.2) is 5.82 Å². The van der Waals surface area contributed by atoms with Crippen LogP contribution in [0.1, 0.15) is 44.9 Å². The number of methoxy groups -OCH3 is 1. The minimum absolute atomic E-state index is 0.0848. The molecule has 3 rings (SSSR count). The lowest BCUT2D eigenvalue weighted by Crippen LogP contribution is -2.39. The summed E-state index contributed by atoms with van der Waals surface area (Å²) in [7, 11) is 1.44. The number of ether oxygens (including phenoxy) is 2. The molecule has 6 nitrogen and oxygen atoms in total. The predicted octanol–water partition coefficient (Wildman–Crippen LogP) is 2.58. The zero-order valence-corrected chi connectivity index (χ0v) is 13.7. The Morgan fingerprint density at radius 3 is 2.78 bits per heavy atom. The van der Waals surface area contributed by atoms with Gasteiger partial charge < -0.3 is 14.4 Å². The van der Waals surface area contributed by atoms with Gasteiger partial charge in [-0.1, -0.05) is 6.42 Å². The highest BCUT2D eigenvalue weighted by atomic mass is 16.5. The number of carbonyl (C=O) groups is 1. The zero-order chi connectivity index (χ0) is 16.1. The van der Waals surface area contributed by atoms with Crippen LogP contribution < -0.4 is 9.64 Å². The summed E-state index contributed by atoms with van der Waals surface area (Å²) in [5.41, 5.74) is 0. The van der Waals surface area contributed by atoms with Gasteiger partial charge in [-0.05, 0) is 38.5 Å². The topological polar surface area (TPSA) is 64.5 Å². The van der Waals surface area contributed by atoms with Crippen molar-refractivity contribution < 1.29 is 14.3 Å². The second-order valence-corrected chi connectivity index (χ2v) is 6.40. The summed E-state index contributed by atoms with van der Waals surface area (Å²) in [5, 5.41) is 0. The van der Waals surface area contributed by atoms with Gasteiger partial charge in [0.1, 0.15) is 6.10 Å². The summed E-state index contributed by atoms with van der Waals surface area (Å²) < 4.78 is 10.9. The molecule has 126 valence electrons. The highest BCUT2D eigenvalue weighted by molar-refractivity contribution is 5.73. The molecule has 1 aliphatic carbocycles. The van der Waals surface area contributed by atoms with Gasteiger partial charge in [-0.15, -0.1) is 0 Å². The largest absolute Gasteiger partial charge is 0.473 e. The van der Waals surface area contributed by atoms with E-state index in [1.165, 1.54) is 26.4 Å². The van der Waals surface area contributed by atoms with Crippen LogP contribution in [0.4, 0.5) is 5.82 Å². The van der Waals surface area contributed by atoms with E-state index in [0.717, 1.165) is 38.0 Å². The van der Waals surface area contributed by atoms with Crippen molar-refractivity contribution >= 4 is 11.8 Å². The minimum atomic E-state index is -0.141. The fraction of sp³-hybridized carbons (Fsp3) is 0.706. The van der Waals surface area contributed by atoms with Crippen LogP contribution in [-0.4, -0.2) is 42.2 Å². The van der Waals surface area contributed by atoms with Crippen LogP contribution in [0.15, 0.2) is 12.4 Å². The Balaban J connectivity index is 1.65. The average Bonchev–Trinajstić information content (AvgIpc) is 2.62. The van der Waals surface area contributed by atoms with Gasteiger partial charge >= 0.3 is 5.97 Å². The number of carbonyl (C=O) groups excluding carboxylic acids is 1. The number of anilines is 1. The van der Waals surface area contributed by atoms with E-state index in [2.05, 4.69) is 14.9 Å². The Morgan fingerprint density at radius 1 is 1.17 bits per heavy atom. The van der Waals surface area contributed by atoms with E-state index in [1.807, 2.05) is 0 Å². The van der Waals surface area contributed by atoms with Crippen LogP contribution >= 0.6 is 0 Å². The van der Waals surface area contributed by atoms with E-state index in [0.29, 0.717) is 12.4 Å². The second-order valence-electron chi connectivity index (χ2n) is 6.40. The second kappa shape index (κ2) is 7.62. The third kappa shape index (κ3) is 4.12. The molecule has 1 aliphatic heterocycles. The lowest BCUT2D eigenvalue weighted by Gasteiger charge is -2.32. The number of rotatable bonds is 4. The Morgan fingerprint density at radius 2 is 2.00 bits per heavy atom. The van der Waals surface area contributed by atoms with Crippen molar-refractivity contribution in [3.05, 3.63) is 12.4 Å². The summed E-state index contributed by atoms with van der Waals surface area (Å²) >= 11 is 0. The molecule has 0 unspecified atom stereocenters. The Bertz CT molecular complexity index is 532. The smallest absolute Gasteiger partial charge is 0.310 e. The van der Waals surface area contributed by atoms with Crippen LogP contribution in [0, 0.1) is 5.92 Å². The molecule has 0 bridgehead atoms. The van der Waals surface area contributed by atoms with Crippen LogP contribution in [-0.2, 0) is 9.53 Å². The summed E-state index contributed by atoms with van der Waals surface area (Å²) in [5.74, 6) is 1.15. The maximum atomic E-state index is 11.8. The van der Waals surface area contributed by atoms with Crippen molar-refractivity contribution in [1.82, 2.24) is 9.97 Å². The van der Waals surface area contributed by atoms with Crippen LogP contribution in [0.2, 0.25) is 0 Å². The lowest BCUT2D eigenvalue weighted by molar-refractivity contribution is -0.145. The molecule has 0 radical (unpaired) electrons. The highest BCUT2D eigenvalue weighted by Gasteiger charge is 2.27. The molecule has 1 saturated heterocycles. The molecule has 1 saturated carbocycles. The van der Waals surface area contributed by atoms with Gasteiger partial charge in [0, 0.05) is 13.1 Å². The molecule has 0 amide bonds. The van der Waals surface area contributed by atoms with E-state index >= 15 is 0 Å². The predicted molar refractivity (Wildman–Crippen MR) is 86.5 cm³/mol. The number of piperidine rings is 1. The van der Waals surface area contributed by atoms with Gasteiger partial charge in [-0.25, -0.2) is 0 Å². The number of hydrogen-bond donors (Lipinski definition) is 0. The van der Waals surface area contributed by atoms with Crippen molar-refractivity contribution in [3.63, 3.8) is 0 Å². The van der Waals surface area contributed by atoms with Crippen molar-refractivity contribution in [3.8, 4) is 5.88 Å². The molecule has 2 aliphatic rings. The fourth-order valence-corrected chi connectivity index (χ4v) is 3.45. The molecule has 2 fully saturated rings. The van der Waals surface area contributed by atoms with Crippen LogP contribution in [0.5, 0.6) is 5.88 Å². The summed E-state index contributed by atoms with van der Waals surface area (Å²) in [4.78, 5) is 22.7. The SMILES string of the molecule is COC(=O)[C@H]1CCCN(c2cncc(OC3CCCCC3)n2)C1. The molecule has 0 N–H and O–H groups in total. The first-order valence-electron chi connectivity index (χ1n) is 8.58. The van der Waals surface area contributed by atoms with Crippen molar-refractivity contribution in [2.24, 2.45) is 5.92 Å². The van der Waals surface area contributed by atoms with Gasteiger partial charge in [-0.3, -0.25) is 9.78 Å². The molecular formula is C17H25N3O3. The fourth-order valence-electron chi connectivity index (χ4n) is 3.45. The number of nitrogens with zero attached hydrogens (tertiary/aromatic N) is 3. The van der Waals surface area contributed by atoms with Crippen molar-refractivity contribution in [2.75, 3.05) is 25.1 Å². The molecule has 0 aromatic carbocycles. The first-order chi connectivity index (χ1) is 11.3. The van der Waals surface area contributed by atoms with Gasteiger partial charge in [0.2, 0.25) is 5.88 Å². The van der Waals surface area contributed by atoms with Crippen molar-refractivity contribution in [2.45, 2.75) is 51.0 Å². The van der Waals surface area contributed by atoms with E-state index in [4.69, 9.17) is 9.47 Å². The normalized spacial score (nSPS) is 22.7. The third-order valence-electron chi connectivity index (χ3n) is 4.72. The monoisotopic (exact) mass is 319 g/mol. The Kier molecular flexibility index (Phi) is 5.31. The van der Waals surface area contributed by atoms with Crippen molar-refractivity contribution in [1.29, 1.82) is 0 Å². The molecule has 0 spiro atoms. The first-order valence-corrected chi connectivity index (χ1v) is 8.58. The molecular weight excluding hydrogens is 294 g/mol. The van der Waals surface area contributed by atoms with E-state index in [9.17, 15) is 4.79 Å². The van der Waals surface area contributed by atoms with Gasteiger partial charge in [-0.2, -0.15) is 4.98 Å². The zero-order valence-electron chi connectivity index (χ0n) is 13.7. The number of aromatic nitrogens is 2. The van der Waals surface area contributed by atoms with Gasteiger partial charge in [0.25, 0.3) is 0 Å². The van der Waals surface area contributed by atoms with E-state index in [-0.39, 0.29) is 18.0 Å². The molecule has 23 heavy (non-hydrogen) atoms. The van der Waals surface area contributed by atoms with E-state index < -0.39 is 0 Å². The lowest BCUT2D eigenvalue weighted by atomic mass is 9.98. The molecule has 2 heterocycles. The Hall–Kier alpha value is -1.85. The Labute approximate surface area is 137 Å². The van der Waals surface area contributed by atoms with E-state index in [1.54, 1.807) is 12.4 Å². The molecule has 1 atom stereocenters. The molecule has 6 heteroatoms. The maximum absolute atomic E-state index is 11.8. The standard InChI is InChI=1S/C17H25N3O3/c1-22-17(21)13-6-5-9-20(12-13)15-10-18-11-16(19-15)23-14-7-3-2-4-8-14/h10-11,13-14H,2-9,12H2,1H3/t13-/m0/s1. The maximum Gasteiger partial charge on any atom is 0.310 e. The third-order valence-corrected chi connectivity index (χ3v) is 4.72. The quantitative estimate of drug-likeness (QED) is 0.795. The number of esters is 1. The minimum Gasteiger partial charge on any atom is -0.473 e. The molecule has 1 aromatic rings. The van der Waals surface area contributed by atoms with Crippen LogP contribution in [0.3, 0.4) is 0 Å². The summed E-state index contributed by atoms with van der Waals surface area (Å²) in [6, 6.07) is 0. The molecule has 1 aromatic heterocycles. The van der Waals surface area contributed by atoms with Gasteiger partial charge in [0.05, 0.1) is 25.4 Å². The summed E-state index contributed by atoms with van der Waals surface area (Å²) in [6.07, 6.45) is 11.5. The first kappa shape index (κ1) is 16.0. The van der Waals surface area contributed by atoms with Crippen LogP contribution in [0.25, 0.3) is 0 Å². The number of hydrogen-bond acceptors (Lipinski definition) is 6. The highest BCUT2D eigenvalue weighted by Crippen LogP contribution is 2.25.